The number of aryl methyl sites for hydroxylation is 2. The number of thiazole rings is 2. The first-order valence-corrected chi connectivity index (χ1v) is 10.8. The van der Waals surface area contributed by atoms with Crippen LogP contribution in [-0.4, -0.2) is 15.9 Å². The summed E-state index contributed by atoms with van der Waals surface area (Å²) in [5.74, 6) is -1.94. The molecule has 0 unspecified atom stereocenters. The molecule has 0 bridgehead atoms. The Hall–Kier alpha value is -2.97. The first-order valence-electron chi connectivity index (χ1n) is 9.09. The molecule has 0 N–H and O–H groups in total. The van der Waals surface area contributed by atoms with Crippen molar-refractivity contribution in [3.05, 3.63) is 69.2 Å². The molecule has 0 aliphatic heterocycles. The maximum absolute atomic E-state index is 14.2. The highest BCUT2D eigenvalue weighted by atomic mass is 32.1. The van der Waals surface area contributed by atoms with E-state index in [0.717, 1.165) is 32.3 Å². The summed E-state index contributed by atoms with van der Waals surface area (Å²) in [5.41, 5.74) is 3.96. The average molecular weight is 442 g/mol. The number of nitrogens with zero attached hydrogens (tertiary/aromatic N) is 3. The zero-order chi connectivity index (χ0) is 21.4. The summed E-state index contributed by atoms with van der Waals surface area (Å²) in [4.78, 5) is 22.3. The minimum atomic E-state index is -0.822. The maximum atomic E-state index is 14.2. The summed E-state index contributed by atoms with van der Waals surface area (Å²) in [6, 6.07) is 7.29. The lowest BCUT2D eigenvalue weighted by atomic mass is 10.1. The topological polar surface area (TPSA) is 46.1 Å². The van der Waals surface area contributed by atoms with E-state index >= 15 is 0 Å². The Labute approximate surface area is 180 Å². The molecule has 2 aromatic carbocycles. The van der Waals surface area contributed by atoms with Crippen molar-refractivity contribution in [3.8, 4) is 0 Å². The number of hydrogen-bond acceptors (Lipinski definition) is 5. The van der Waals surface area contributed by atoms with Crippen LogP contribution in [0, 0.1) is 25.5 Å². The van der Waals surface area contributed by atoms with Crippen LogP contribution >= 0.6 is 22.7 Å². The van der Waals surface area contributed by atoms with Gasteiger partial charge in [-0.25, -0.2) is 18.7 Å². The van der Waals surface area contributed by atoms with Gasteiger partial charge in [0, 0.05) is 18.4 Å². The first-order chi connectivity index (χ1) is 14.3. The van der Waals surface area contributed by atoms with Gasteiger partial charge in [0.1, 0.15) is 16.6 Å². The third-order valence-corrected chi connectivity index (χ3v) is 6.41. The van der Waals surface area contributed by atoms with Crippen LogP contribution in [0.5, 0.6) is 0 Å². The number of carbonyl (C=O) groups is 1. The number of hydrogen-bond donors (Lipinski definition) is 0. The molecule has 0 fully saturated rings. The Kier molecular flexibility index (Phi) is 5.44. The monoisotopic (exact) mass is 441 g/mol. The van der Waals surface area contributed by atoms with Gasteiger partial charge in [0.25, 0.3) is 0 Å². The van der Waals surface area contributed by atoms with Crippen molar-refractivity contribution >= 4 is 61.8 Å². The second-order valence-electron chi connectivity index (χ2n) is 6.79. The normalized spacial score (nSPS) is 11.5. The van der Waals surface area contributed by atoms with Crippen LogP contribution in [0.15, 0.2) is 35.7 Å². The second kappa shape index (κ2) is 8.04. The van der Waals surface area contributed by atoms with Crippen LogP contribution < -0.4 is 4.90 Å². The fourth-order valence-corrected chi connectivity index (χ4v) is 4.75. The predicted octanol–water partition coefficient (Wildman–Crippen LogP) is 6.50. The predicted molar refractivity (Wildman–Crippen MR) is 119 cm³/mol. The van der Waals surface area contributed by atoms with E-state index in [2.05, 4.69) is 35.9 Å². The Balaban J connectivity index is 1.62. The number of fused-ring (bicyclic) bond motifs is 1. The minimum absolute atomic E-state index is 0.0364. The highest BCUT2D eigenvalue weighted by Gasteiger charge is 2.21. The fourth-order valence-electron chi connectivity index (χ4n) is 2.95. The van der Waals surface area contributed by atoms with E-state index in [1.807, 2.05) is 6.08 Å². The van der Waals surface area contributed by atoms with Gasteiger partial charge in [-0.1, -0.05) is 0 Å². The Morgan fingerprint density at radius 2 is 1.83 bits per heavy atom. The second-order valence-corrected chi connectivity index (χ2v) is 8.69. The zero-order valence-corrected chi connectivity index (χ0v) is 18.1. The average Bonchev–Trinajstić information content (AvgIpc) is 3.29. The highest BCUT2D eigenvalue weighted by molar-refractivity contribution is 7.19. The fraction of sp³-hybridized carbons (Fsp3) is 0.136. The molecule has 0 spiro atoms. The Morgan fingerprint density at radius 3 is 2.57 bits per heavy atom. The summed E-state index contributed by atoms with van der Waals surface area (Å²) in [7, 11) is 0. The minimum Gasteiger partial charge on any atom is -0.274 e. The molecule has 4 rings (SSSR count). The smallest absolute Gasteiger partial charge is 0.230 e. The van der Waals surface area contributed by atoms with Crippen LogP contribution in [0.1, 0.15) is 28.8 Å². The van der Waals surface area contributed by atoms with E-state index in [1.165, 1.54) is 35.5 Å². The summed E-state index contributed by atoms with van der Waals surface area (Å²) in [6.07, 6.45) is 3.67. The Bertz CT molecular complexity index is 1250. The molecular weight excluding hydrogens is 424 g/mol. The summed E-state index contributed by atoms with van der Waals surface area (Å²) in [6.45, 7) is 5.45. The SMILES string of the molecule is CC(=O)N(c1nc(/C=C/c2nc3cc(C)c(C)cc3s2)cs1)c1ccc(F)cc1F. The molecule has 0 saturated heterocycles. The standard InChI is InChI=1S/C22H17F2N3OS2/c1-12-8-18-20(9-13(12)2)30-21(26-18)7-5-16-11-29-22(25-16)27(14(3)28)19-6-4-15(23)10-17(19)24/h4-11H,1-3H3/b7-5+. The van der Waals surface area contributed by atoms with E-state index < -0.39 is 17.5 Å². The number of aromatic nitrogens is 2. The molecule has 2 heterocycles. The molecule has 4 aromatic rings. The lowest BCUT2D eigenvalue weighted by molar-refractivity contribution is -0.115. The number of rotatable bonds is 4. The van der Waals surface area contributed by atoms with Gasteiger partial charge in [-0.2, -0.15) is 0 Å². The van der Waals surface area contributed by atoms with E-state index in [9.17, 15) is 13.6 Å². The molecule has 0 saturated carbocycles. The number of benzene rings is 2. The van der Waals surface area contributed by atoms with Gasteiger partial charge in [0.15, 0.2) is 5.13 Å². The van der Waals surface area contributed by atoms with Crippen LogP contribution in [0.2, 0.25) is 0 Å². The van der Waals surface area contributed by atoms with Crippen molar-refractivity contribution in [2.45, 2.75) is 20.8 Å². The summed E-state index contributed by atoms with van der Waals surface area (Å²) >= 11 is 2.79. The van der Waals surface area contributed by atoms with Crippen molar-refractivity contribution in [2.24, 2.45) is 0 Å². The molecule has 2 aromatic heterocycles. The van der Waals surface area contributed by atoms with Crippen LogP contribution in [0.3, 0.4) is 0 Å². The van der Waals surface area contributed by atoms with E-state index in [0.29, 0.717) is 10.8 Å². The molecule has 0 atom stereocenters. The van der Waals surface area contributed by atoms with Crippen molar-refractivity contribution in [3.63, 3.8) is 0 Å². The quantitative estimate of drug-likeness (QED) is 0.363. The van der Waals surface area contributed by atoms with Gasteiger partial charge < -0.3 is 0 Å². The Morgan fingerprint density at radius 1 is 1.07 bits per heavy atom. The van der Waals surface area contributed by atoms with Gasteiger partial charge in [0.2, 0.25) is 5.91 Å². The van der Waals surface area contributed by atoms with Gasteiger partial charge in [-0.15, -0.1) is 22.7 Å². The molecule has 0 radical (unpaired) electrons. The highest BCUT2D eigenvalue weighted by Crippen LogP contribution is 2.32. The van der Waals surface area contributed by atoms with Crippen LogP contribution in [-0.2, 0) is 4.79 Å². The maximum Gasteiger partial charge on any atom is 0.230 e. The molecule has 30 heavy (non-hydrogen) atoms. The summed E-state index contributed by atoms with van der Waals surface area (Å²) < 4.78 is 28.6. The molecule has 4 nitrogen and oxygen atoms in total. The van der Waals surface area contributed by atoms with Gasteiger partial charge in [-0.05, 0) is 61.4 Å². The van der Waals surface area contributed by atoms with Crippen LogP contribution in [0.25, 0.3) is 22.4 Å². The van der Waals surface area contributed by atoms with Gasteiger partial charge in [-0.3, -0.25) is 9.69 Å². The first kappa shape index (κ1) is 20.3. The number of halogens is 2. The number of carbonyl (C=O) groups excluding carboxylic acids is 1. The summed E-state index contributed by atoms with van der Waals surface area (Å²) in [5, 5.41) is 2.92. The lowest BCUT2D eigenvalue weighted by Gasteiger charge is -2.18. The third-order valence-electron chi connectivity index (χ3n) is 4.58. The van der Waals surface area contributed by atoms with Crippen molar-refractivity contribution in [2.75, 3.05) is 4.90 Å². The molecule has 152 valence electrons. The third kappa shape index (κ3) is 4.01. The molecule has 8 heteroatoms. The largest absolute Gasteiger partial charge is 0.274 e. The van der Waals surface area contributed by atoms with E-state index in [4.69, 9.17) is 0 Å². The molecule has 0 aliphatic rings. The van der Waals surface area contributed by atoms with E-state index in [1.54, 1.807) is 22.8 Å². The molecular formula is C22H17F2N3OS2. The lowest BCUT2D eigenvalue weighted by Crippen LogP contribution is -2.23. The number of amides is 1. The van der Waals surface area contributed by atoms with E-state index in [-0.39, 0.29) is 5.69 Å². The zero-order valence-electron chi connectivity index (χ0n) is 16.4. The van der Waals surface area contributed by atoms with Crippen LogP contribution in [0.4, 0.5) is 19.6 Å². The van der Waals surface area contributed by atoms with Gasteiger partial charge in [0.05, 0.1) is 21.6 Å². The van der Waals surface area contributed by atoms with Crippen molar-refractivity contribution in [1.29, 1.82) is 0 Å². The molecule has 1 amide bonds. The van der Waals surface area contributed by atoms with Crippen molar-refractivity contribution < 1.29 is 13.6 Å². The molecule has 0 aliphatic carbocycles. The van der Waals surface area contributed by atoms with Crippen molar-refractivity contribution in [1.82, 2.24) is 9.97 Å². The van der Waals surface area contributed by atoms with Gasteiger partial charge >= 0.3 is 0 Å². The number of anilines is 2.